The molecule has 0 saturated carbocycles. The van der Waals surface area contributed by atoms with Crippen LogP contribution in [-0.4, -0.2) is 57.9 Å². The maximum Gasteiger partial charge on any atom is 0.342 e. The summed E-state index contributed by atoms with van der Waals surface area (Å²) in [5.41, 5.74) is 0.729. The minimum absolute atomic E-state index is 0.114. The third-order valence-corrected chi connectivity index (χ3v) is 5.18. The molecular formula is C22H26N2O7. The molecule has 0 spiro atoms. The summed E-state index contributed by atoms with van der Waals surface area (Å²) in [7, 11) is 0. The Morgan fingerprint density at radius 2 is 2.06 bits per heavy atom. The molecule has 0 radical (unpaired) electrons. The van der Waals surface area contributed by atoms with E-state index in [9.17, 15) is 19.8 Å². The second-order valence-electron chi connectivity index (χ2n) is 7.55. The van der Waals surface area contributed by atoms with Crippen molar-refractivity contribution in [3.05, 3.63) is 53.8 Å². The topological polar surface area (TPSA) is 138 Å². The summed E-state index contributed by atoms with van der Waals surface area (Å²) in [4.78, 5) is 24.4. The van der Waals surface area contributed by atoms with Crippen LogP contribution in [0.2, 0.25) is 0 Å². The smallest absolute Gasteiger partial charge is 0.342 e. The summed E-state index contributed by atoms with van der Waals surface area (Å²) >= 11 is 0. The van der Waals surface area contributed by atoms with Crippen molar-refractivity contribution >= 4 is 18.1 Å². The number of amides is 1. The van der Waals surface area contributed by atoms with Crippen molar-refractivity contribution in [2.45, 2.75) is 56.5 Å². The summed E-state index contributed by atoms with van der Waals surface area (Å²) in [6.45, 7) is 0. The van der Waals surface area contributed by atoms with Gasteiger partial charge in [0.2, 0.25) is 5.91 Å². The van der Waals surface area contributed by atoms with E-state index in [1.807, 2.05) is 0 Å². The fourth-order valence-electron chi connectivity index (χ4n) is 3.88. The van der Waals surface area contributed by atoms with Gasteiger partial charge in [-0.05, 0) is 37.0 Å². The molecule has 3 rings (SSSR count). The van der Waals surface area contributed by atoms with Crippen molar-refractivity contribution in [3.63, 3.8) is 0 Å². The van der Waals surface area contributed by atoms with Gasteiger partial charge in [0.1, 0.15) is 17.4 Å². The zero-order chi connectivity index (χ0) is 22.2. The minimum atomic E-state index is -0.609. The summed E-state index contributed by atoms with van der Waals surface area (Å²) < 4.78 is 11.8. The van der Waals surface area contributed by atoms with Crippen LogP contribution in [0.5, 0.6) is 5.75 Å². The lowest BCUT2D eigenvalue weighted by atomic mass is 9.91. The third kappa shape index (κ3) is 6.40. The van der Waals surface area contributed by atoms with E-state index in [4.69, 9.17) is 14.7 Å². The van der Waals surface area contributed by atoms with Crippen molar-refractivity contribution in [3.8, 4) is 5.75 Å². The average Bonchev–Trinajstić information content (AvgIpc) is 2.70. The summed E-state index contributed by atoms with van der Waals surface area (Å²) in [6.07, 6.45) is 6.99. The molecule has 0 aliphatic carbocycles. The van der Waals surface area contributed by atoms with Crippen molar-refractivity contribution in [1.82, 2.24) is 5.32 Å². The van der Waals surface area contributed by atoms with E-state index in [0.29, 0.717) is 37.7 Å². The number of fused-ring (bicyclic) bond motifs is 3. The molecule has 1 aromatic rings. The maximum atomic E-state index is 12.8. The van der Waals surface area contributed by atoms with E-state index < -0.39 is 24.1 Å². The van der Waals surface area contributed by atoms with Crippen LogP contribution in [0.15, 0.2) is 47.8 Å². The Kier molecular flexibility index (Phi) is 7.80. The molecule has 2 aliphatic heterocycles. The van der Waals surface area contributed by atoms with Crippen LogP contribution in [-0.2, 0) is 20.7 Å². The molecular weight excluding hydrogens is 404 g/mol. The van der Waals surface area contributed by atoms with Crippen molar-refractivity contribution in [2.24, 2.45) is 5.16 Å². The minimum Gasteiger partial charge on any atom is -0.507 e. The molecule has 0 aromatic heterocycles. The number of nitrogens with one attached hydrogen (secondary N) is 1. The van der Waals surface area contributed by atoms with Crippen LogP contribution in [0.3, 0.4) is 0 Å². The highest BCUT2D eigenvalue weighted by Gasteiger charge is 2.34. The first-order valence-electron chi connectivity index (χ1n) is 10.1. The van der Waals surface area contributed by atoms with Gasteiger partial charge in [-0.1, -0.05) is 23.4 Å². The first-order valence-corrected chi connectivity index (χ1v) is 10.1. The molecule has 2 bridgehead atoms. The highest BCUT2D eigenvalue weighted by molar-refractivity contribution is 5.94. The van der Waals surface area contributed by atoms with Crippen LogP contribution in [0.1, 0.15) is 41.6 Å². The zero-order valence-corrected chi connectivity index (χ0v) is 16.9. The number of hydrogen-bond donors (Lipinski definition) is 4. The van der Waals surface area contributed by atoms with Crippen molar-refractivity contribution in [1.29, 1.82) is 0 Å². The molecule has 2 heterocycles. The van der Waals surface area contributed by atoms with Gasteiger partial charge in [-0.15, -0.1) is 0 Å². The second kappa shape index (κ2) is 10.7. The van der Waals surface area contributed by atoms with E-state index >= 15 is 0 Å². The van der Waals surface area contributed by atoms with Crippen LogP contribution < -0.4 is 5.32 Å². The quantitative estimate of drug-likeness (QED) is 0.184. The highest BCUT2D eigenvalue weighted by atomic mass is 16.5. The Balaban J connectivity index is 1.73. The van der Waals surface area contributed by atoms with Crippen LogP contribution >= 0.6 is 0 Å². The first-order chi connectivity index (χ1) is 15.0. The number of aromatic hydroxyl groups is 1. The largest absolute Gasteiger partial charge is 0.507 e. The predicted molar refractivity (Wildman–Crippen MR) is 111 cm³/mol. The average molecular weight is 430 g/mol. The zero-order valence-electron chi connectivity index (χ0n) is 16.9. The number of esters is 1. The van der Waals surface area contributed by atoms with E-state index in [1.165, 1.54) is 24.4 Å². The van der Waals surface area contributed by atoms with Crippen LogP contribution in [0, 0.1) is 0 Å². The lowest BCUT2D eigenvalue weighted by Crippen LogP contribution is -2.40. The Labute approximate surface area is 179 Å². The molecule has 1 amide bonds. The van der Waals surface area contributed by atoms with Crippen LogP contribution in [0.4, 0.5) is 0 Å². The number of cyclic esters (lactones) is 1. The Morgan fingerprint density at radius 3 is 2.87 bits per heavy atom. The summed E-state index contributed by atoms with van der Waals surface area (Å²) in [5, 5.41) is 34.1. The van der Waals surface area contributed by atoms with E-state index in [1.54, 1.807) is 18.2 Å². The fraction of sp³-hybridized carbons (Fsp3) is 0.409. The number of aliphatic hydroxyl groups excluding tert-OH is 1. The van der Waals surface area contributed by atoms with E-state index in [2.05, 4.69) is 10.5 Å². The van der Waals surface area contributed by atoms with Gasteiger partial charge in [-0.25, -0.2) is 4.79 Å². The number of oxime groups is 1. The normalized spacial score (nSPS) is 26.7. The van der Waals surface area contributed by atoms with Gasteiger partial charge in [0.05, 0.1) is 24.5 Å². The first kappa shape index (κ1) is 22.5. The Hall–Kier alpha value is -3.17. The molecule has 9 nitrogen and oxygen atoms in total. The second-order valence-corrected chi connectivity index (χ2v) is 7.55. The lowest BCUT2D eigenvalue weighted by Gasteiger charge is -2.36. The highest BCUT2D eigenvalue weighted by Crippen LogP contribution is 2.32. The molecule has 166 valence electrons. The van der Waals surface area contributed by atoms with Crippen LogP contribution in [0.25, 0.3) is 0 Å². The van der Waals surface area contributed by atoms with Gasteiger partial charge < -0.3 is 30.2 Å². The number of carbonyl (C=O) groups excluding carboxylic acids is 2. The molecule has 4 N–H and O–H groups in total. The van der Waals surface area contributed by atoms with E-state index in [-0.39, 0.29) is 23.5 Å². The predicted octanol–water partition coefficient (Wildman–Crippen LogP) is 1.81. The molecule has 0 unspecified atom stereocenters. The number of allylic oxidation sites excluding steroid dienone is 1. The van der Waals surface area contributed by atoms with E-state index in [0.717, 1.165) is 6.21 Å². The van der Waals surface area contributed by atoms with Crippen molar-refractivity contribution < 1.29 is 34.5 Å². The molecule has 31 heavy (non-hydrogen) atoms. The van der Waals surface area contributed by atoms with Gasteiger partial charge in [0, 0.05) is 25.1 Å². The molecule has 9 heteroatoms. The van der Waals surface area contributed by atoms with Gasteiger partial charge >= 0.3 is 5.97 Å². The number of nitrogens with zero attached hydrogens (tertiary/aromatic N) is 1. The summed E-state index contributed by atoms with van der Waals surface area (Å²) in [6, 6.07) is 4.84. The Bertz CT molecular complexity index is 881. The molecule has 1 saturated heterocycles. The van der Waals surface area contributed by atoms with Gasteiger partial charge in [-0.2, -0.15) is 0 Å². The van der Waals surface area contributed by atoms with Crippen molar-refractivity contribution in [2.75, 3.05) is 0 Å². The number of carbonyl (C=O) groups is 2. The monoisotopic (exact) mass is 430 g/mol. The number of phenolic OH excluding ortho intramolecular Hbond substituents is 1. The molecule has 1 aromatic carbocycles. The maximum absolute atomic E-state index is 12.8. The fourth-order valence-corrected chi connectivity index (χ4v) is 3.88. The number of hydrogen-bond acceptors (Lipinski definition) is 8. The number of ether oxygens (including phenoxy) is 2. The molecule has 2 aliphatic rings. The molecule has 4 atom stereocenters. The van der Waals surface area contributed by atoms with Gasteiger partial charge in [0.25, 0.3) is 0 Å². The lowest BCUT2D eigenvalue weighted by molar-refractivity contribution is -0.115. The molecule has 1 fully saturated rings. The number of aliphatic hydroxyl groups is 1. The Morgan fingerprint density at radius 1 is 1.26 bits per heavy atom. The third-order valence-electron chi connectivity index (χ3n) is 5.18. The van der Waals surface area contributed by atoms with Gasteiger partial charge in [-0.3, -0.25) is 4.79 Å². The summed E-state index contributed by atoms with van der Waals surface area (Å²) in [5.74, 6) is -1.18. The SMILES string of the molecule is O=C(/C=C/C=N/O)N/C=C/C[C@H]1C[C@H]2C[C@H](O)C[C@H](Cc3cccc(O)c3C(=O)O1)O2. The number of rotatable bonds is 5. The number of phenols is 1. The number of benzene rings is 1. The van der Waals surface area contributed by atoms with Gasteiger partial charge in [0.15, 0.2) is 0 Å². The standard InChI is InChI=1S/C22H26N2O7/c25-15-11-17-10-14-4-1-6-19(26)21(14)22(28)31-16(13-18(12-15)30-17)5-2-8-23-20(27)7-3-9-24-29/h1-4,6-9,15-18,25-26,29H,5,10-13H2,(H,23,27)/b7-3+,8-2+,24-9+/t15-,16+,17+,18-/m1/s1.